The molecule has 1 aromatic carbocycles. The SMILES string of the molecule is Nc1cc(Br)ccc1C1CCCC1=O. The van der Waals surface area contributed by atoms with E-state index in [2.05, 4.69) is 15.9 Å². The van der Waals surface area contributed by atoms with Gasteiger partial charge < -0.3 is 5.73 Å². The molecule has 1 atom stereocenters. The zero-order valence-corrected chi connectivity index (χ0v) is 9.38. The normalized spacial score (nSPS) is 21.5. The maximum Gasteiger partial charge on any atom is 0.140 e. The van der Waals surface area contributed by atoms with Gasteiger partial charge in [-0.15, -0.1) is 0 Å². The predicted octanol–water partition coefficient (Wildman–Crippen LogP) is 2.87. The molecule has 3 heteroatoms. The van der Waals surface area contributed by atoms with Crippen LogP contribution in [0.1, 0.15) is 30.7 Å². The van der Waals surface area contributed by atoms with E-state index in [-0.39, 0.29) is 5.92 Å². The van der Waals surface area contributed by atoms with Gasteiger partial charge in [-0.2, -0.15) is 0 Å². The monoisotopic (exact) mass is 253 g/mol. The first-order chi connectivity index (χ1) is 6.68. The quantitative estimate of drug-likeness (QED) is 0.783. The lowest BCUT2D eigenvalue weighted by Gasteiger charge is -2.11. The van der Waals surface area contributed by atoms with Crippen LogP contribution in [0.4, 0.5) is 5.69 Å². The number of nitrogen functional groups attached to an aromatic ring is 1. The highest BCUT2D eigenvalue weighted by Crippen LogP contribution is 2.35. The molecule has 1 unspecified atom stereocenters. The summed E-state index contributed by atoms with van der Waals surface area (Å²) in [5.74, 6) is 0.377. The summed E-state index contributed by atoms with van der Waals surface area (Å²) in [6.07, 6.45) is 2.66. The highest BCUT2D eigenvalue weighted by atomic mass is 79.9. The van der Waals surface area contributed by atoms with Gasteiger partial charge in [-0.05, 0) is 30.5 Å². The Morgan fingerprint density at radius 2 is 2.21 bits per heavy atom. The summed E-state index contributed by atoms with van der Waals surface area (Å²) in [6, 6.07) is 5.76. The smallest absolute Gasteiger partial charge is 0.140 e. The molecule has 0 heterocycles. The van der Waals surface area contributed by atoms with Crippen LogP contribution in [0.15, 0.2) is 22.7 Å². The fraction of sp³-hybridized carbons (Fsp3) is 0.364. The summed E-state index contributed by atoms with van der Waals surface area (Å²) >= 11 is 3.36. The number of hydrogen-bond donors (Lipinski definition) is 1. The third-order valence-corrected chi connectivity index (χ3v) is 3.22. The first kappa shape index (κ1) is 9.71. The van der Waals surface area contributed by atoms with Crippen molar-refractivity contribution in [2.45, 2.75) is 25.2 Å². The zero-order valence-electron chi connectivity index (χ0n) is 7.79. The van der Waals surface area contributed by atoms with Gasteiger partial charge in [0, 0.05) is 22.5 Å². The Kier molecular flexibility index (Phi) is 2.59. The predicted molar refractivity (Wildman–Crippen MR) is 60.2 cm³/mol. The molecular weight excluding hydrogens is 242 g/mol. The maximum atomic E-state index is 11.5. The largest absolute Gasteiger partial charge is 0.398 e. The van der Waals surface area contributed by atoms with E-state index in [1.54, 1.807) is 0 Å². The Labute approximate surface area is 91.6 Å². The zero-order chi connectivity index (χ0) is 10.1. The lowest BCUT2D eigenvalue weighted by Crippen LogP contribution is -2.07. The number of anilines is 1. The van der Waals surface area contributed by atoms with Crippen molar-refractivity contribution in [2.24, 2.45) is 0 Å². The number of hydrogen-bond acceptors (Lipinski definition) is 2. The summed E-state index contributed by atoms with van der Waals surface area (Å²) in [5, 5.41) is 0. The number of Topliss-reactive ketones (excluding diaryl/α,β-unsaturated/α-hetero) is 1. The molecule has 14 heavy (non-hydrogen) atoms. The van der Waals surface area contributed by atoms with Gasteiger partial charge in [0.2, 0.25) is 0 Å². The molecule has 0 saturated heterocycles. The van der Waals surface area contributed by atoms with Crippen molar-refractivity contribution in [3.8, 4) is 0 Å². The average molecular weight is 254 g/mol. The first-order valence-corrected chi connectivity index (χ1v) is 5.55. The van der Waals surface area contributed by atoms with E-state index in [4.69, 9.17) is 5.73 Å². The van der Waals surface area contributed by atoms with Crippen LogP contribution >= 0.6 is 15.9 Å². The highest BCUT2D eigenvalue weighted by molar-refractivity contribution is 9.10. The molecular formula is C11H12BrNO. The minimum absolute atomic E-state index is 0.0445. The Morgan fingerprint density at radius 3 is 2.79 bits per heavy atom. The van der Waals surface area contributed by atoms with Crippen LogP contribution in [0.25, 0.3) is 0 Å². The van der Waals surface area contributed by atoms with Gasteiger partial charge in [-0.3, -0.25) is 4.79 Å². The van der Waals surface area contributed by atoms with Crippen LogP contribution in [0.2, 0.25) is 0 Å². The number of carbonyl (C=O) groups excluding carboxylic acids is 1. The fourth-order valence-electron chi connectivity index (χ4n) is 2.01. The van der Waals surface area contributed by atoms with Crippen LogP contribution < -0.4 is 5.73 Å². The van der Waals surface area contributed by atoms with Crippen LogP contribution in [0.5, 0.6) is 0 Å². The average Bonchev–Trinajstić information content (AvgIpc) is 2.52. The van der Waals surface area contributed by atoms with Gasteiger partial charge in [-0.25, -0.2) is 0 Å². The van der Waals surface area contributed by atoms with Crippen molar-refractivity contribution in [1.82, 2.24) is 0 Å². The topological polar surface area (TPSA) is 43.1 Å². The summed E-state index contributed by atoms with van der Waals surface area (Å²) in [7, 11) is 0. The number of nitrogens with two attached hydrogens (primary N) is 1. The third-order valence-electron chi connectivity index (χ3n) is 2.73. The molecule has 1 aromatic rings. The Hall–Kier alpha value is -0.830. The van der Waals surface area contributed by atoms with Gasteiger partial charge in [0.1, 0.15) is 5.78 Å². The Balaban J connectivity index is 2.36. The van der Waals surface area contributed by atoms with Crippen molar-refractivity contribution in [3.63, 3.8) is 0 Å². The summed E-state index contributed by atoms with van der Waals surface area (Å²) in [6.45, 7) is 0. The number of benzene rings is 1. The molecule has 1 fully saturated rings. The second kappa shape index (κ2) is 3.73. The molecule has 0 aliphatic heterocycles. The van der Waals surface area contributed by atoms with Gasteiger partial charge >= 0.3 is 0 Å². The molecule has 0 radical (unpaired) electrons. The van der Waals surface area contributed by atoms with E-state index in [1.165, 1.54) is 0 Å². The second-order valence-corrected chi connectivity index (χ2v) is 4.60. The van der Waals surface area contributed by atoms with Crippen LogP contribution in [-0.2, 0) is 4.79 Å². The van der Waals surface area contributed by atoms with Gasteiger partial charge in [-0.1, -0.05) is 22.0 Å². The van der Waals surface area contributed by atoms with Crippen LogP contribution in [0, 0.1) is 0 Å². The van der Waals surface area contributed by atoms with E-state index < -0.39 is 0 Å². The number of ketones is 1. The molecule has 1 aliphatic carbocycles. The molecule has 0 aromatic heterocycles. The van der Waals surface area contributed by atoms with Crippen molar-refractivity contribution in [1.29, 1.82) is 0 Å². The number of rotatable bonds is 1. The van der Waals surface area contributed by atoms with E-state index in [0.29, 0.717) is 12.2 Å². The van der Waals surface area contributed by atoms with Crippen molar-refractivity contribution in [3.05, 3.63) is 28.2 Å². The van der Waals surface area contributed by atoms with Crippen molar-refractivity contribution >= 4 is 27.4 Å². The van der Waals surface area contributed by atoms with E-state index in [0.717, 1.165) is 28.6 Å². The Bertz CT molecular complexity index is 376. The summed E-state index contributed by atoms with van der Waals surface area (Å²) < 4.78 is 0.962. The van der Waals surface area contributed by atoms with Crippen LogP contribution in [0.3, 0.4) is 0 Å². The van der Waals surface area contributed by atoms with E-state index in [9.17, 15) is 4.79 Å². The molecule has 1 saturated carbocycles. The molecule has 2 rings (SSSR count). The molecule has 0 amide bonds. The molecule has 0 bridgehead atoms. The lowest BCUT2D eigenvalue weighted by molar-refractivity contribution is -0.118. The standard InChI is InChI=1S/C11H12BrNO/c12-7-4-5-8(10(13)6-7)9-2-1-3-11(9)14/h4-6,9H,1-3,13H2. The van der Waals surface area contributed by atoms with Crippen molar-refractivity contribution in [2.75, 3.05) is 5.73 Å². The first-order valence-electron chi connectivity index (χ1n) is 4.76. The molecule has 1 aliphatic rings. The molecule has 0 spiro atoms. The summed E-state index contributed by atoms with van der Waals surface area (Å²) in [4.78, 5) is 11.5. The highest BCUT2D eigenvalue weighted by Gasteiger charge is 2.27. The summed E-state index contributed by atoms with van der Waals surface area (Å²) in [5.41, 5.74) is 7.60. The van der Waals surface area contributed by atoms with E-state index in [1.807, 2.05) is 18.2 Å². The van der Waals surface area contributed by atoms with Gasteiger partial charge in [0.25, 0.3) is 0 Å². The number of halogens is 1. The molecule has 2 N–H and O–H groups in total. The number of carbonyl (C=O) groups is 1. The minimum atomic E-state index is 0.0445. The van der Waals surface area contributed by atoms with Gasteiger partial charge in [0.15, 0.2) is 0 Å². The lowest BCUT2D eigenvalue weighted by atomic mass is 9.95. The third kappa shape index (κ3) is 1.69. The fourth-order valence-corrected chi connectivity index (χ4v) is 2.39. The Morgan fingerprint density at radius 1 is 1.43 bits per heavy atom. The minimum Gasteiger partial charge on any atom is -0.398 e. The van der Waals surface area contributed by atoms with Gasteiger partial charge in [0.05, 0.1) is 0 Å². The molecule has 2 nitrogen and oxygen atoms in total. The van der Waals surface area contributed by atoms with Crippen molar-refractivity contribution < 1.29 is 4.79 Å². The second-order valence-electron chi connectivity index (χ2n) is 3.68. The maximum absolute atomic E-state index is 11.5. The van der Waals surface area contributed by atoms with Crippen LogP contribution in [-0.4, -0.2) is 5.78 Å². The molecule has 74 valence electrons. The van der Waals surface area contributed by atoms with E-state index >= 15 is 0 Å².